The van der Waals surface area contributed by atoms with Crippen molar-refractivity contribution in [3.8, 4) is 11.4 Å². The van der Waals surface area contributed by atoms with E-state index in [1.807, 2.05) is 0 Å². The fourth-order valence-electron chi connectivity index (χ4n) is 4.23. The zero-order chi connectivity index (χ0) is 20.6. The summed E-state index contributed by atoms with van der Waals surface area (Å²) in [5.74, 6) is 0. The normalized spacial score (nSPS) is 12.4. The molecule has 2 aromatic heterocycles. The molecule has 0 aromatic carbocycles. The number of nitrogens with zero attached hydrogens (tertiary/aromatic N) is 2. The van der Waals surface area contributed by atoms with Gasteiger partial charge in [0.2, 0.25) is 0 Å². The van der Waals surface area contributed by atoms with Crippen molar-refractivity contribution in [3.63, 3.8) is 0 Å². The van der Waals surface area contributed by atoms with Crippen LogP contribution in [0, 0.1) is 0 Å². The average molecular weight is 387 g/mol. The highest BCUT2D eigenvalue weighted by Gasteiger charge is 2.24. The van der Waals surface area contributed by atoms with Gasteiger partial charge in [-0.2, -0.15) is 0 Å². The van der Waals surface area contributed by atoms with Gasteiger partial charge in [0, 0.05) is 12.1 Å². The molecule has 0 amide bonds. The molecule has 4 heteroatoms. The van der Waals surface area contributed by atoms with Crippen molar-refractivity contribution in [2.24, 2.45) is 0 Å². The zero-order valence-corrected chi connectivity index (χ0v) is 19.0. The summed E-state index contributed by atoms with van der Waals surface area (Å²) in [4.78, 5) is 7.01. The predicted molar refractivity (Wildman–Crippen MR) is 116 cm³/mol. The molecule has 0 bridgehead atoms. The average Bonchev–Trinajstić information content (AvgIpc) is 2.77. The van der Waals surface area contributed by atoms with E-state index in [2.05, 4.69) is 88.2 Å². The van der Waals surface area contributed by atoms with Crippen molar-refractivity contribution in [2.75, 3.05) is 39.3 Å². The standard InChI is InChI=1S/C24H40N4/c1-7-27(8-2,9-3)19-21-13-15-23(25-17-21)24-16-14-22(18-26-24)20-28(10-4,11-5)12-6/h13-18H,7-12,19-20H2,1-6H3/q+2/p+2. The van der Waals surface area contributed by atoms with Gasteiger partial charge in [-0.05, 0) is 53.7 Å². The van der Waals surface area contributed by atoms with Crippen molar-refractivity contribution in [1.82, 2.24) is 0 Å². The van der Waals surface area contributed by atoms with Crippen LogP contribution in [0.25, 0.3) is 11.4 Å². The fraction of sp³-hybridized carbons (Fsp3) is 0.583. The van der Waals surface area contributed by atoms with Crippen molar-refractivity contribution >= 4 is 0 Å². The topological polar surface area (TPSA) is 28.3 Å². The van der Waals surface area contributed by atoms with Crippen molar-refractivity contribution in [2.45, 2.75) is 54.6 Å². The first-order valence-corrected chi connectivity index (χ1v) is 11.2. The minimum Gasteiger partial charge on any atom is -0.320 e. The Bertz CT molecular complexity index is 618. The second-order valence-corrected chi connectivity index (χ2v) is 8.12. The molecule has 0 spiro atoms. The Kier molecular flexibility index (Phi) is 8.14. The summed E-state index contributed by atoms with van der Waals surface area (Å²) in [6.45, 7) is 23.0. The third kappa shape index (κ3) is 5.18. The predicted octanol–water partition coefficient (Wildman–Crippen LogP) is 3.73. The fourth-order valence-corrected chi connectivity index (χ4v) is 4.23. The molecular formula is C24H42N4+4. The molecular weight excluding hydrogens is 344 g/mol. The minimum atomic E-state index is 1.09. The highest BCUT2D eigenvalue weighted by Crippen LogP contribution is 2.17. The summed E-state index contributed by atoms with van der Waals surface area (Å²) >= 11 is 0. The molecule has 0 saturated carbocycles. The van der Waals surface area contributed by atoms with Crippen LogP contribution in [0.1, 0.15) is 52.7 Å². The number of rotatable bonds is 11. The maximum absolute atomic E-state index is 3.50. The molecule has 0 fully saturated rings. The third-order valence-electron chi connectivity index (χ3n) is 7.11. The summed E-state index contributed by atoms with van der Waals surface area (Å²) in [7, 11) is 0. The molecule has 0 aliphatic rings. The van der Waals surface area contributed by atoms with Gasteiger partial charge in [0.05, 0.1) is 50.4 Å². The quantitative estimate of drug-likeness (QED) is 0.527. The molecule has 0 unspecified atom stereocenters. The van der Waals surface area contributed by atoms with Crippen LogP contribution in [0.2, 0.25) is 0 Å². The summed E-state index contributed by atoms with van der Waals surface area (Å²) < 4.78 is 2.28. The van der Waals surface area contributed by atoms with Crippen LogP contribution in [0.5, 0.6) is 0 Å². The number of quaternary nitrogens is 2. The number of H-pyrrole nitrogens is 2. The summed E-state index contributed by atoms with van der Waals surface area (Å²) in [5.41, 5.74) is 5.03. The van der Waals surface area contributed by atoms with Crippen LogP contribution in [-0.2, 0) is 13.1 Å². The van der Waals surface area contributed by atoms with E-state index in [1.54, 1.807) is 0 Å². The van der Waals surface area contributed by atoms with E-state index in [4.69, 9.17) is 0 Å². The molecule has 154 valence electrons. The highest BCUT2D eigenvalue weighted by molar-refractivity contribution is 5.46. The summed E-state index contributed by atoms with van der Waals surface area (Å²) in [5, 5.41) is 0. The summed E-state index contributed by atoms with van der Waals surface area (Å²) in [6.07, 6.45) is 4.36. The molecule has 28 heavy (non-hydrogen) atoms. The second-order valence-electron chi connectivity index (χ2n) is 8.12. The van der Waals surface area contributed by atoms with Gasteiger partial charge >= 0.3 is 0 Å². The lowest BCUT2D eigenvalue weighted by Crippen LogP contribution is -2.46. The lowest BCUT2D eigenvalue weighted by Gasteiger charge is -2.35. The van der Waals surface area contributed by atoms with E-state index in [1.165, 1.54) is 50.4 Å². The molecule has 0 radical (unpaired) electrons. The highest BCUT2D eigenvalue weighted by atomic mass is 15.3. The Balaban J connectivity index is 2.12. The molecule has 2 N–H and O–H groups in total. The first-order chi connectivity index (χ1) is 13.5. The van der Waals surface area contributed by atoms with Gasteiger partial charge in [-0.25, -0.2) is 9.97 Å². The maximum atomic E-state index is 3.50. The largest absolute Gasteiger partial charge is 0.320 e. The second kappa shape index (κ2) is 10.1. The zero-order valence-electron chi connectivity index (χ0n) is 19.0. The Morgan fingerprint density at radius 3 is 1.07 bits per heavy atom. The van der Waals surface area contributed by atoms with Gasteiger partial charge in [-0.1, -0.05) is 0 Å². The third-order valence-corrected chi connectivity index (χ3v) is 7.11. The van der Waals surface area contributed by atoms with Crippen LogP contribution in [0.3, 0.4) is 0 Å². The van der Waals surface area contributed by atoms with Crippen LogP contribution in [-0.4, -0.2) is 48.2 Å². The molecule has 0 aliphatic heterocycles. The van der Waals surface area contributed by atoms with Gasteiger partial charge in [-0.3, -0.25) is 0 Å². The van der Waals surface area contributed by atoms with Crippen LogP contribution >= 0.6 is 0 Å². The lowest BCUT2D eigenvalue weighted by atomic mass is 10.1. The van der Waals surface area contributed by atoms with Gasteiger partial charge < -0.3 is 8.97 Å². The molecule has 2 rings (SSSR count). The van der Waals surface area contributed by atoms with Crippen LogP contribution in [0.4, 0.5) is 0 Å². The van der Waals surface area contributed by atoms with Gasteiger partial charge in [0.25, 0.3) is 11.4 Å². The monoisotopic (exact) mass is 386 g/mol. The molecule has 0 aliphatic carbocycles. The van der Waals surface area contributed by atoms with Crippen molar-refractivity contribution in [1.29, 1.82) is 0 Å². The molecule has 2 aromatic rings. The van der Waals surface area contributed by atoms with Crippen molar-refractivity contribution < 1.29 is 18.9 Å². The van der Waals surface area contributed by atoms with Crippen molar-refractivity contribution in [3.05, 3.63) is 47.8 Å². The Morgan fingerprint density at radius 2 is 0.857 bits per heavy atom. The molecule has 2 heterocycles. The number of hydrogen-bond acceptors (Lipinski definition) is 0. The first kappa shape index (κ1) is 22.5. The number of nitrogens with one attached hydrogen (secondary N) is 2. The van der Waals surface area contributed by atoms with E-state index >= 15 is 0 Å². The van der Waals surface area contributed by atoms with Crippen LogP contribution in [0.15, 0.2) is 36.7 Å². The maximum Gasteiger partial charge on any atom is 0.275 e. The SMILES string of the molecule is CC[N+](CC)(CC)Cc1ccc(-c2ccc(C[N+](CC)(CC)CC)c[nH+]2)[nH+]c1. The molecule has 0 saturated heterocycles. The Hall–Kier alpha value is -1.78. The molecule has 0 atom stereocenters. The lowest BCUT2D eigenvalue weighted by molar-refractivity contribution is -0.936. The summed E-state index contributed by atoms with van der Waals surface area (Å²) in [6, 6.07) is 8.96. The number of hydrogen-bond donors (Lipinski definition) is 0. The van der Waals surface area contributed by atoms with Gasteiger partial charge in [0.1, 0.15) is 13.1 Å². The number of pyridine rings is 2. The van der Waals surface area contributed by atoms with E-state index in [0.29, 0.717) is 0 Å². The van der Waals surface area contributed by atoms with E-state index in [9.17, 15) is 0 Å². The minimum absolute atomic E-state index is 1.09. The van der Waals surface area contributed by atoms with Gasteiger partial charge in [0.15, 0.2) is 12.4 Å². The van der Waals surface area contributed by atoms with Crippen LogP contribution < -0.4 is 9.97 Å². The van der Waals surface area contributed by atoms with E-state index < -0.39 is 0 Å². The smallest absolute Gasteiger partial charge is 0.275 e. The Morgan fingerprint density at radius 1 is 0.536 bits per heavy atom. The van der Waals surface area contributed by atoms with E-state index in [-0.39, 0.29) is 0 Å². The van der Waals surface area contributed by atoms with Gasteiger partial charge in [-0.15, -0.1) is 0 Å². The Labute approximate surface area is 172 Å². The first-order valence-electron chi connectivity index (χ1n) is 11.2. The van der Waals surface area contributed by atoms with E-state index in [0.717, 1.165) is 33.4 Å². The number of aromatic nitrogens is 2. The molecule has 4 nitrogen and oxygen atoms in total. The number of aromatic amines is 2.